The van der Waals surface area contributed by atoms with Crippen molar-refractivity contribution in [1.82, 2.24) is 0 Å². The van der Waals surface area contributed by atoms with Crippen LogP contribution in [0.2, 0.25) is 4.82 Å². The maximum absolute atomic E-state index is 13.3. The molecule has 4 aliphatic carbocycles. The molecule has 4 aliphatic rings. The Kier molecular flexibility index (Phi) is 7.89. The number of carbonyl (C=O) groups is 1. The average molecular weight is 556 g/mol. The van der Waals surface area contributed by atoms with Gasteiger partial charge >= 0.3 is 209 Å². The molecule has 0 unspecified atom stereocenters. The number of hydrogen-bond donors (Lipinski definition) is 0. The Balaban J connectivity index is 1.30. The number of fused-ring (bicyclic) bond motifs is 5. The fourth-order valence-electron chi connectivity index (χ4n) is 9.99. The van der Waals surface area contributed by atoms with Gasteiger partial charge < -0.3 is 0 Å². The van der Waals surface area contributed by atoms with E-state index in [2.05, 4.69) is 65.8 Å². The molecule has 0 amide bonds. The number of ketones is 1. The molecular formula is C34H52OSe. The average Bonchev–Trinajstić information content (AvgIpc) is 3.18. The first-order chi connectivity index (χ1) is 17.1. The summed E-state index contributed by atoms with van der Waals surface area (Å²) in [4.78, 5) is 13.6. The Hall–Kier alpha value is -0.591. The number of aryl methyl sites for hydroxylation is 1. The van der Waals surface area contributed by atoms with Crippen LogP contribution in [0.3, 0.4) is 0 Å². The predicted octanol–water partition coefficient (Wildman–Crippen LogP) is 8.41. The van der Waals surface area contributed by atoms with Crippen LogP contribution in [0.5, 0.6) is 0 Å². The first-order valence-electron chi connectivity index (χ1n) is 15.4. The van der Waals surface area contributed by atoms with Crippen LogP contribution < -0.4 is 4.46 Å². The van der Waals surface area contributed by atoms with E-state index in [1.54, 1.807) is 0 Å². The third-order valence-corrected chi connectivity index (χ3v) is 14.6. The van der Waals surface area contributed by atoms with Gasteiger partial charge in [-0.2, -0.15) is 0 Å². The molecule has 4 fully saturated rings. The van der Waals surface area contributed by atoms with Crippen LogP contribution in [0.25, 0.3) is 0 Å². The summed E-state index contributed by atoms with van der Waals surface area (Å²) in [5.41, 5.74) is 2.27. The number of benzene rings is 1. The second-order valence-electron chi connectivity index (χ2n) is 14.5. The molecule has 0 heterocycles. The van der Waals surface area contributed by atoms with Crippen molar-refractivity contribution in [3.63, 3.8) is 0 Å². The van der Waals surface area contributed by atoms with E-state index < -0.39 is 0 Å². The molecule has 0 spiro atoms. The Labute approximate surface area is 228 Å². The zero-order chi connectivity index (χ0) is 25.7. The Morgan fingerprint density at radius 3 is 2.36 bits per heavy atom. The van der Waals surface area contributed by atoms with Crippen molar-refractivity contribution in [2.75, 3.05) is 0 Å². The summed E-state index contributed by atoms with van der Waals surface area (Å²) in [7, 11) is 0. The van der Waals surface area contributed by atoms with Gasteiger partial charge in [0.1, 0.15) is 0 Å². The van der Waals surface area contributed by atoms with Gasteiger partial charge in [0.05, 0.1) is 0 Å². The first kappa shape index (κ1) is 27.0. The van der Waals surface area contributed by atoms with Crippen LogP contribution in [0, 0.1) is 59.2 Å². The SMILES string of the molecule is Cc1ccc([Se][C@@H]2C[C@@]3(C)[C@@H](CC[C@@H]4[C@@H]3CC[C@]3(C)[C@@H]([C@H](C)CCCC(C)C)CC[C@@H]43)CC2=O)cc1. The molecule has 1 aromatic carbocycles. The molecule has 4 saturated carbocycles. The molecule has 5 rings (SSSR count). The minimum atomic E-state index is 0.277. The molecule has 0 bridgehead atoms. The zero-order valence-corrected chi connectivity index (χ0v) is 25.7. The second-order valence-corrected chi connectivity index (χ2v) is 17.2. The molecule has 2 heteroatoms. The first-order valence-corrected chi connectivity index (χ1v) is 17.2. The fraction of sp³-hybridized carbons (Fsp3) is 0.794. The van der Waals surface area contributed by atoms with E-state index in [0.717, 1.165) is 41.9 Å². The number of rotatable bonds is 7. The molecule has 1 nitrogen and oxygen atoms in total. The Bertz CT molecular complexity index is 920. The van der Waals surface area contributed by atoms with Crippen LogP contribution in [-0.2, 0) is 4.79 Å². The maximum atomic E-state index is 13.3. The minimum absolute atomic E-state index is 0.277. The van der Waals surface area contributed by atoms with Crippen molar-refractivity contribution >= 4 is 25.2 Å². The van der Waals surface area contributed by atoms with E-state index in [-0.39, 0.29) is 15.0 Å². The van der Waals surface area contributed by atoms with Gasteiger partial charge in [0, 0.05) is 0 Å². The van der Waals surface area contributed by atoms with Gasteiger partial charge in [-0.15, -0.1) is 0 Å². The summed E-state index contributed by atoms with van der Waals surface area (Å²) >= 11 is 0.277. The third kappa shape index (κ3) is 4.93. The summed E-state index contributed by atoms with van der Waals surface area (Å²) in [6.07, 6.45) is 14.8. The van der Waals surface area contributed by atoms with Crippen molar-refractivity contribution in [3.05, 3.63) is 29.8 Å². The summed E-state index contributed by atoms with van der Waals surface area (Å²) in [5, 5.41) is 0. The van der Waals surface area contributed by atoms with Crippen LogP contribution in [0.4, 0.5) is 0 Å². The van der Waals surface area contributed by atoms with Gasteiger partial charge in [0.15, 0.2) is 0 Å². The molecule has 9 atom stereocenters. The van der Waals surface area contributed by atoms with Crippen LogP contribution >= 0.6 is 0 Å². The van der Waals surface area contributed by atoms with Gasteiger partial charge in [-0.1, -0.05) is 13.8 Å². The normalized spacial score (nSPS) is 41.0. The predicted molar refractivity (Wildman–Crippen MR) is 154 cm³/mol. The van der Waals surface area contributed by atoms with Gasteiger partial charge in [-0.3, -0.25) is 0 Å². The van der Waals surface area contributed by atoms with Gasteiger partial charge in [0.2, 0.25) is 0 Å². The summed E-state index contributed by atoms with van der Waals surface area (Å²) in [6.45, 7) is 14.9. The zero-order valence-electron chi connectivity index (χ0n) is 24.0. The molecular weight excluding hydrogens is 503 g/mol. The molecule has 200 valence electrons. The number of Topliss-reactive ketones (excluding diaryl/α,β-unsaturated/α-hetero) is 1. The van der Waals surface area contributed by atoms with Crippen molar-refractivity contribution in [2.24, 2.45) is 52.3 Å². The number of carbonyl (C=O) groups excluding carboxylic acids is 1. The summed E-state index contributed by atoms with van der Waals surface area (Å²) in [5.74, 6) is 6.61. The van der Waals surface area contributed by atoms with Gasteiger partial charge in [-0.05, 0) is 5.92 Å². The van der Waals surface area contributed by atoms with Crippen LogP contribution in [-0.4, -0.2) is 20.7 Å². The third-order valence-electron chi connectivity index (χ3n) is 12.0. The molecule has 0 aliphatic heterocycles. The Morgan fingerprint density at radius 2 is 1.64 bits per heavy atom. The molecule has 0 N–H and O–H groups in total. The van der Waals surface area contributed by atoms with Crippen LogP contribution in [0.1, 0.15) is 111 Å². The van der Waals surface area contributed by atoms with Crippen molar-refractivity contribution in [1.29, 1.82) is 0 Å². The van der Waals surface area contributed by atoms with Gasteiger partial charge in [-0.25, -0.2) is 0 Å². The van der Waals surface area contributed by atoms with Gasteiger partial charge in [0.25, 0.3) is 0 Å². The van der Waals surface area contributed by atoms with Crippen molar-refractivity contribution < 1.29 is 4.79 Å². The second kappa shape index (κ2) is 10.5. The van der Waals surface area contributed by atoms with E-state index >= 15 is 0 Å². The van der Waals surface area contributed by atoms with Crippen LogP contribution in [0.15, 0.2) is 24.3 Å². The molecule has 0 saturated heterocycles. The standard InChI is InChI=1S/C34H52OSe/c1-22(2)8-7-9-24(4)28-16-17-29-27-15-12-25-20-31(35)32(36-26-13-10-23(3)11-14-26)21-34(25,6)30(27)18-19-33(28,29)5/h10-11,13-14,22,24-25,27-30,32H,7-9,12,15-21H2,1-6H3/t24-,25+,27+,28-,29+,30+,32-,33-,34+/m1/s1. The van der Waals surface area contributed by atoms with E-state index in [0.29, 0.717) is 27.3 Å². The van der Waals surface area contributed by atoms with E-state index in [1.807, 2.05) is 0 Å². The summed E-state index contributed by atoms with van der Waals surface area (Å²) < 4.78 is 1.42. The number of hydrogen-bond acceptors (Lipinski definition) is 1. The van der Waals surface area contributed by atoms with E-state index in [1.165, 1.54) is 74.2 Å². The monoisotopic (exact) mass is 556 g/mol. The molecule has 0 aromatic heterocycles. The van der Waals surface area contributed by atoms with Crippen molar-refractivity contribution in [3.8, 4) is 0 Å². The topological polar surface area (TPSA) is 17.1 Å². The molecule has 36 heavy (non-hydrogen) atoms. The molecule has 0 radical (unpaired) electrons. The summed E-state index contributed by atoms with van der Waals surface area (Å²) in [6, 6.07) is 9.03. The van der Waals surface area contributed by atoms with Crippen molar-refractivity contribution in [2.45, 2.75) is 117 Å². The molecule has 1 aromatic rings. The Morgan fingerprint density at radius 1 is 0.917 bits per heavy atom. The van der Waals surface area contributed by atoms with E-state index in [9.17, 15) is 4.79 Å². The quantitative estimate of drug-likeness (QED) is 0.309. The van der Waals surface area contributed by atoms with E-state index in [4.69, 9.17) is 0 Å². The fourth-order valence-corrected chi connectivity index (χ4v) is 12.7.